The van der Waals surface area contributed by atoms with E-state index in [-0.39, 0.29) is 29.3 Å². The van der Waals surface area contributed by atoms with Gasteiger partial charge in [-0.25, -0.2) is 13.2 Å². The predicted octanol–water partition coefficient (Wildman–Crippen LogP) is 1.24. The van der Waals surface area contributed by atoms with E-state index in [1.165, 1.54) is 13.2 Å². The summed E-state index contributed by atoms with van der Waals surface area (Å²) in [5.74, 6) is -2.01. The number of carboxylic acids is 1. The number of rotatable bonds is 7. The highest BCUT2D eigenvalue weighted by Gasteiger charge is 2.48. The van der Waals surface area contributed by atoms with Gasteiger partial charge in [-0.3, -0.25) is 4.79 Å². The summed E-state index contributed by atoms with van der Waals surface area (Å²) in [5, 5.41) is 8.76. The van der Waals surface area contributed by atoms with E-state index in [1.54, 1.807) is 0 Å². The minimum atomic E-state index is -3.49. The Morgan fingerprint density at radius 1 is 1.43 bits per heavy atom. The number of hydrogen-bond donors (Lipinski definition) is 1. The second kappa shape index (κ2) is 5.51. The van der Waals surface area contributed by atoms with Gasteiger partial charge in [0.25, 0.3) is 0 Å². The lowest BCUT2D eigenvalue weighted by Crippen LogP contribution is -2.22. The quantitative estimate of drug-likeness (QED) is 0.753. The van der Waals surface area contributed by atoms with E-state index in [1.807, 2.05) is 0 Å². The average Bonchev–Trinajstić information content (AvgIpc) is 2.94. The minimum Gasteiger partial charge on any atom is -0.478 e. The summed E-state index contributed by atoms with van der Waals surface area (Å²) < 4.78 is 33.8. The van der Waals surface area contributed by atoms with Gasteiger partial charge in [-0.1, -0.05) is 0 Å². The molecule has 1 aliphatic rings. The van der Waals surface area contributed by atoms with Crippen LogP contribution in [0.25, 0.3) is 0 Å². The van der Waals surface area contributed by atoms with Gasteiger partial charge in [-0.15, -0.1) is 0 Å². The third-order valence-corrected chi connectivity index (χ3v) is 5.27. The van der Waals surface area contributed by atoms with Crippen LogP contribution in [0, 0.1) is 5.41 Å². The van der Waals surface area contributed by atoms with Crippen molar-refractivity contribution in [1.82, 2.24) is 0 Å². The zero-order chi connectivity index (χ0) is 15.7. The lowest BCUT2D eigenvalue weighted by Gasteiger charge is -2.13. The number of ether oxygens (including phenoxy) is 1. The fourth-order valence-corrected chi connectivity index (χ4v) is 4.24. The van der Waals surface area contributed by atoms with E-state index in [0.717, 1.165) is 6.26 Å². The molecule has 7 nitrogen and oxygen atoms in total. The van der Waals surface area contributed by atoms with Gasteiger partial charge in [-0.05, 0) is 24.3 Å². The van der Waals surface area contributed by atoms with Crippen LogP contribution in [0.5, 0.6) is 0 Å². The van der Waals surface area contributed by atoms with Crippen LogP contribution >= 0.6 is 0 Å². The molecule has 0 amide bonds. The average molecular weight is 316 g/mol. The molecule has 1 saturated carbocycles. The highest BCUT2D eigenvalue weighted by molar-refractivity contribution is 7.90. The molecule has 2 rings (SSSR count). The lowest BCUT2D eigenvalue weighted by molar-refractivity contribution is -0.141. The van der Waals surface area contributed by atoms with Gasteiger partial charge in [0.05, 0.1) is 24.8 Å². The van der Waals surface area contributed by atoms with Crippen molar-refractivity contribution in [2.45, 2.75) is 25.0 Å². The fraction of sp³-hybridized carbons (Fsp3) is 0.538. The van der Waals surface area contributed by atoms with Crippen LogP contribution in [0.1, 0.15) is 35.4 Å². The third kappa shape index (κ3) is 4.07. The molecule has 21 heavy (non-hydrogen) atoms. The molecule has 0 spiro atoms. The monoisotopic (exact) mass is 316 g/mol. The molecule has 1 fully saturated rings. The van der Waals surface area contributed by atoms with Crippen LogP contribution < -0.4 is 0 Å². The number of furan rings is 1. The topological polar surface area (TPSA) is 111 Å². The third-order valence-electron chi connectivity index (χ3n) is 3.49. The zero-order valence-corrected chi connectivity index (χ0v) is 12.3. The van der Waals surface area contributed by atoms with E-state index in [4.69, 9.17) is 9.52 Å². The van der Waals surface area contributed by atoms with Crippen molar-refractivity contribution in [3.8, 4) is 0 Å². The molecule has 0 radical (unpaired) electrons. The Hall–Kier alpha value is -1.83. The molecule has 1 aromatic rings. The smallest absolute Gasteiger partial charge is 0.338 e. The van der Waals surface area contributed by atoms with Gasteiger partial charge in [0.2, 0.25) is 0 Å². The predicted molar refractivity (Wildman–Crippen MR) is 71.5 cm³/mol. The van der Waals surface area contributed by atoms with Crippen molar-refractivity contribution < 1.29 is 32.3 Å². The van der Waals surface area contributed by atoms with E-state index in [2.05, 4.69) is 4.74 Å². The molecule has 0 aliphatic heterocycles. The first-order chi connectivity index (χ1) is 9.75. The Morgan fingerprint density at radius 3 is 2.57 bits per heavy atom. The van der Waals surface area contributed by atoms with Crippen LogP contribution in [0.4, 0.5) is 0 Å². The molecule has 0 atom stereocenters. The second-order valence-corrected chi connectivity index (χ2v) is 7.46. The van der Waals surface area contributed by atoms with E-state index in [0.29, 0.717) is 12.8 Å². The molecular formula is C13H16O7S. The molecule has 1 N–H and O–H groups in total. The van der Waals surface area contributed by atoms with Crippen molar-refractivity contribution >= 4 is 21.8 Å². The Bertz CT molecular complexity index is 652. The zero-order valence-electron chi connectivity index (χ0n) is 11.5. The number of carboxylic acid groups (broad SMARTS) is 1. The normalized spacial score (nSPS) is 16.4. The molecule has 8 heteroatoms. The van der Waals surface area contributed by atoms with Gasteiger partial charge in [-0.2, -0.15) is 0 Å². The summed E-state index contributed by atoms with van der Waals surface area (Å²) in [4.78, 5) is 22.0. The first-order valence-electron chi connectivity index (χ1n) is 6.33. The van der Waals surface area contributed by atoms with Crippen molar-refractivity contribution in [3.63, 3.8) is 0 Å². The molecular weight excluding hydrogens is 300 g/mol. The number of carbonyl (C=O) groups is 2. The highest BCUT2D eigenvalue weighted by Crippen LogP contribution is 2.50. The number of sulfone groups is 1. The first kappa shape index (κ1) is 15.6. The maximum absolute atomic E-state index is 12.1. The van der Waals surface area contributed by atoms with E-state index >= 15 is 0 Å². The number of aromatic carboxylic acids is 1. The fourth-order valence-electron chi connectivity index (χ4n) is 2.23. The van der Waals surface area contributed by atoms with Crippen molar-refractivity contribution in [1.29, 1.82) is 0 Å². The van der Waals surface area contributed by atoms with Crippen LogP contribution in [-0.2, 0) is 25.1 Å². The van der Waals surface area contributed by atoms with Crippen molar-refractivity contribution in [2.75, 3.05) is 12.9 Å². The van der Waals surface area contributed by atoms with E-state index < -0.39 is 27.2 Å². The Labute approximate surface area is 121 Å². The van der Waals surface area contributed by atoms with Gasteiger partial charge in [0, 0.05) is 0 Å². The molecule has 0 bridgehead atoms. The SMILES string of the molecule is COC(=O)CC1(CS(=O)(=O)Cc2cc(C(=O)O)co2)CC1. The van der Waals surface area contributed by atoms with Gasteiger partial charge >= 0.3 is 11.9 Å². The molecule has 116 valence electrons. The highest BCUT2D eigenvalue weighted by atomic mass is 32.2. The summed E-state index contributed by atoms with van der Waals surface area (Å²) in [6.07, 6.45) is 2.43. The summed E-state index contributed by atoms with van der Waals surface area (Å²) in [6, 6.07) is 1.19. The standard InChI is InChI=1S/C13H16O7S/c1-19-11(14)5-13(2-3-13)8-21(17,18)7-10-4-9(6-20-10)12(15)16/h4,6H,2-3,5,7-8H2,1H3,(H,15,16). The number of hydrogen-bond acceptors (Lipinski definition) is 6. The first-order valence-corrected chi connectivity index (χ1v) is 8.15. The van der Waals surface area contributed by atoms with Crippen LogP contribution in [-0.4, -0.2) is 38.3 Å². The van der Waals surface area contributed by atoms with Crippen LogP contribution in [0.3, 0.4) is 0 Å². The number of carbonyl (C=O) groups excluding carboxylic acids is 1. The summed E-state index contributed by atoms with van der Waals surface area (Å²) >= 11 is 0. The maximum Gasteiger partial charge on any atom is 0.338 e. The molecule has 0 saturated heterocycles. The Morgan fingerprint density at radius 2 is 2.10 bits per heavy atom. The molecule has 1 heterocycles. The van der Waals surface area contributed by atoms with Crippen LogP contribution in [0.15, 0.2) is 16.7 Å². The van der Waals surface area contributed by atoms with E-state index in [9.17, 15) is 18.0 Å². The van der Waals surface area contributed by atoms with Crippen molar-refractivity contribution in [2.24, 2.45) is 5.41 Å². The van der Waals surface area contributed by atoms with Crippen molar-refractivity contribution in [3.05, 3.63) is 23.7 Å². The van der Waals surface area contributed by atoms with Gasteiger partial charge < -0.3 is 14.3 Å². The number of methoxy groups -OCH3 is 1. The number of esters is 1. The largest absolute Gasteiger partial charge is 0.478 e. The maximum atomic E-state index is 12.1. The molecule has 1 aromatic heterocycles. The summed E-state index contributed by atoms with van der Waals surface area (Å²) in [5.41, 5.74) is -0.621. The molecule has 1 aliphatic carbocycles. The molecule has 0 unspecified atom stereocenters. The minimum absolute atomic E-state index is 0.0845. The lowest BCUT2D eigenvalue weighted by atomic mass is 10.1. The Kier molecular flexibility index (Phi) is 4.08. The second-order valence-electron chi connectivity index (χ2n) is 5.39. The Balaban J connectivity index is 2.02. The van der Waals surface area contributed by atoms with Gasteiger partial charge in [0.1, 0.15) is 17.8 Å². The summed E-state index contributed by atoms with van der Waals surface area (Å²) in [7, 11) is -2.22. The van der Waals surface area contributed by atoms with Crippen LogP contribution in [0.2, 0.25) is 0 Å². The molecule has 0 aromatic carbocycles. The summed E-state index contributed by atoms with van der Waals surface area (Å²) in [6.45, 7) is 0. The van der Waals surface area contributed by atoms with Gasteiger partial charge in [0.15, 0.2) is 9.84 Å².